The first kappa shape index (κ1) is 10.3. The van der Waals surface area contributed by atoms with Gasteiger partial charge in [-0.25, -0.2) is 4.79 Å². The van der Waals surface area contributed by atoms with Gasteiger partial charge in [-0.05, 0) is 18.8 Å². The zero-order valence-electron chi connectivity index (χ0n) is 8.68. The Morgan fingerprint density at radius 3 is 2.81 bits per heavy atom. The maximum atomic E-state index is 11.2. The van der Waals surface area contributed by atoms with Gasteiger partial charge in [0.2, 0.25) is 0 Å². The van der Waals surface area contributed by atoms with Gasteiger partial charge in [-0.15, -0.1) is 0 Å². The van der Waals surface area contributed by atoms with Gasteiger partial charge in [0, 0.05) is 11.0 Å². The van der Waals surface area contributed by atoms with E-state index in [4.69, 9.17) is 5.11 Å². The summed E-state index contributed by atoms with van der Waals surface area (Å²) in [5.41, 5.74) is 0. The Labute approximate surface area is 97.3 Å². The number of carboxylic acids is 1. The van der Waals surface area contributed by atoms with Gasteiger partial charge in [0.05, 0.1) is 18.0 Å². The molecule has 6 heteroatoms. The highest BCUT2D eigenvalue weighted by Gasteiger charge is 2.51. The van der Waals surface area contributed by atoms with Crippen LogP contribution in [-0.4, -0.2) is 40.2 Å². The summed E-state index contributed by atoms with van der Waals surface area (Å²) < 4.78 is 0. The zero-order chi connectivity index (χ0) is 11.3. The molecule has 1 aliphatic carbocycles. The number of hydrogen-bond donors (Lipinski definition) is 3. The number of aliphatic carboxylic acids is 1. The highest BCUT2D eigenvalue weighted by atomic mass is 32.2. The van der Waals surface area contributed by atoms with E-state index in [1.807, 2.05) is 0 Å². The number of thioether (sulfide) groups is 1. The number of hydrogen-bond acceptors (Lipinski definition) is 3. The van der Waals surface area contributed by atoms with Crippen LogP contribution in [0.5, 0.6) is 0 Å². The van der Waals surface area contributed by atoms with E-state index in [9.17, 15) is 9.59 Å². The van der Waals surface area contributed by atoms with Crippen molar-refractivity contribution in [3.8, 4) is 0 Å². The quantitative estimate of drug-likeness (QED) is 0.607. The second-order valence-corrected chi connectivity index (χ2v) is 5.94. The molecule has 16 heavy (non-hydrogen) atoms. The molecule has 3 fully saturated rings. The summed E-state index contributed by atoms with van der Waals surface area (Å²) in [5, 5.41) is 15.1. The van der Waals surface area contributed by atoms with Gasteiger partial charge in [-0.2, -0.15) is 11.8 Å². The smallest absolute Gasteiger partial charge is 0.315 e. The summed E-state index contributed by atoms with van der Waals surface area (Å²) in [4.78, 5) is 22.2. The maximum absolute atomic E-state index is 11.2. The lowest BCUT2D eigenvalue weighted by Crippen LogP contribution is -2.47. The van der Waals surface area contributed by atoms with Gasteiger partial charge < -0.3 is 15.7 Å². The van der Waals surface area contributed by atoms with Crippen molar-refractivity contribution in [2.75, 3.05) is 5.75 Å². The molecule has 0 aromatic carbocycles. The second kappa shape index (κ2) is 3.55. The van der Waals surface area contributed by atoms with Gasteiger partial charge in [0.25, 0.3) is 0 Å². The number of carbonyl (C=O) groups is 2. The molecule has 1 saturated carbocycles. The molecule has 88 valence electrons. The van der Waals surface area contributed by atoms with Crippen LogP contribution in [-0.2, 0) is 4.79 Å². The van der Waals surface area contributed by atoms with Crippen LogP contribution in [0.1, 0.15) is 12.8 Å². The number of amides is 2. The largest absolute Gasteiger partial charge is 0.481 e. The number of rotatable bonds is 2. The highest BCUT2D eigenvalue weighted by Crippen LogP contribution is 2.46. The molecule has 3 rings (SSSR count). The summed E-state index contributed by atoms with van der Waals surface area (Å²) in [7, 11) is 0. The van der Waals surface area contributed by atoms with Gasteiger partial charge in [-0.3, -0.25) is 4.79 Å². The second-order valence-electron chi connectivity index (χ2n) is 4.73. The number of carboxylic acid groups (broad SMARTS) is 1. The van der Waals surface area contributed by atoms with Crippen molar-refractivity contribution >= 4 is 23.8 Å². The van der Waals surface area contributed by atoms with Crippen LogP contribution in [0.4, 0.5) is 4.79 Å². The van der Waals surface area contributed by atoms with Crippen LogP contribution in [0.15, 0.2) is 0 Å². The minimum Gasteiger partial charge on any atom is -0.481 e. The molecule has 0 aromatic heterocycles. The lowest BCUT2D eigenvalue weighted by atomic mass is 9.70. The van der Waals surface area contributed by atoms with E-state index in [0.29, 0.717) is 0 Å². The normalized spacial score (nSPS) is 45.5. The highest BCUT2D eigenvalue weighted by molar-refractivity contribution is 8.00. The summed E-state index contributed by atoms with van der Waals surface area (Å²) >= 11 is 1.80. The predicted molar refractivity (Wildman–Crippen MR) is 59.3 cm³/mol. The lowest BCUT2D eigenvalue weighted by Gasteiger charge is -2.39. The molecular weight excluding hydrogens is 228 g/mol. The fourth-order valence-corrected chi connectivity index (χ4v) is 4.70. The average Bonchev–Trinajstić information content (AvgIpc) is 2.63. The SMILES string of the molecule is O=C1NC2CSC(C3CCC3C(=O)O)C2N1. The molecule has 2 amide bonds. The molecule has 2 aliphatic heterocycles. The van der Waals surface area contributed by atoms with Gasteiger partial charge in [-0.1, -0.05) is 0 Å². The Balaban J connectivity index is 1.72. The summed E-state index contributed by atoms with van der Waals surface area (Å²) in [5.74, 6) is 0.251. The number of nitrogens with one attached hydrogen (secondary N) is 2. The topological polar surface area (TPSA) is 78.4 Å². The van der Waals surface area contributed by atoms with Crippen molar-refractivity contribution in [3.05, 3.63) is 0 Å². The third-order valence-corrected chi connectivity index (χ3v) is 5.52. The minimum absolute atomic E-state index is 0.105. The Kier molecular flexibility index (Phi) is 2.27. The van der Waals surface area contributed by atoms with Crippen molar-refractivity contribution in [3.63, 3.8) is 0 Å². The summed E-state index contributed by atoms with van der Waals surface area (Å²) in [6, 6.07) is 0.216. The van der Waals surface area contributed by atoms with E-state index in [2.05, 4.69) is 10.6 Å². The molecule has 3 aliphatic rings. The molecule has 2 heterocycles. The fraction of sp³-hybridized carbons (Fsp3) is 0.800. The molecule has 5 atom stereocenters. The van der Waals surface area contributed by atoms with Crippen LogP contribution in [0, 0.1) is 11.8 Å². The van der Waals surface area contributed by atoms with Crippen LogP contribution >= 0.6 is 11.8 Å². The standard InChI is InChI=1S/C10H14N2O3S/c13-9(14)5-2-1-4(5)8-7-6(3-16-8)11-10(15)12-7/h4-8H,1-3H2,(H,13,14)(H2,11,12,15). The third kappa shape index (κ3) is 1.39. The van der Waals surface area contributed by atoms with Crippen LogP contribution in [0.25, 0.3) is 0 Å². The van der Waals surface area contributed by atoms with Crippen molar-refractivity contribution in [2.24, 2.45) is 11.8 Å². The molecule has 2 saturated heterocycles. The first-order chi connectivity index (χ1) is 7.66. The monoisotopic (exact) mass is 242 g/mol. The van der Waals surface area contributed by atoms with E-state index < -0.39 is 5.97 Å². The van der Waals surface area contributed by atoms with Crippen molar-refractivity contribution in [1.29, 1.82) is 0 Å². The third-order valence-electron chi connectivity index (χ3n) is 3.94. The molecule has 0 spiro atoms. The van der Waals surface area contributed by atoms with E-state index in [1.165, 1.54) is 0 Å². The van der Waals surface area contributed by atoms with Crippen LogP contribution in [0.3, 0.4) is 0 Å². The lowest BCUT2D eigenvalue weighted by molar-refractivity contribution is -0.147. The fourth-order valence-electron chi connectivity index (χ4n) is 2.94. The molecule has 0 radical (unpaired) electrons. The summed E-state index contributed by atoms with van der Waals surface area (Å²) in [6.07, 6.45) is 1.77. The Bertz CT molecular complexity index is 349. The molecule has 5 unspecified atom stereocenters. The Morgan fingerprint density at radius 1 is 1.38 bits per heavy atom. The van der Waals surface area contributed by atoms with E-state index in [-0.39, 0.29) is 35.2 Å². The molecule has 0 bridgehead atoms. The number of urea groups is 1. The first-order valence-corrected chi connectivity index (χ1v) is 6.63. The van der Waals surface area contributed by atoms with Crippen LogP contribution in [0.2, 0.25) is 0 Å². The minimum atomic E-state index is -0.683. The van der Waals surface area contributed by atoms with Gasteiger partial charge in [0.1, 0.15) is 0 Å². The van der Waals surface area contributed by atoms with E-state index in [1.54, 1.807) is 11.8 Å². The molecule has 0 aromatic rings. The van der Waals surface area contributed by atoms with E-state index >= 15 is 0 Å². The Hall–Kier alpha value is -0.910. The first-order valence-electron chi connectivity index (χ1n) is 5.58. The molecule has 3 N–H and O–H groups in total. The van der Waals surface area contributed by atoms with Crippen molar-refractivity contribution in [2.45, 2.75) is 30.2 Å². The number of carbonyl (C=O) groups excluding carboxylic acids is 1. The van der Waals surface area contributed by atoms with E-state index in [0.717, 1.165) is 18.6 Å². The summed E-state index contributed by atoms with van der Waals surface area (Å²) in [6.45, 7) is 0. The van der Waals surface area contributed by atoms with Gasteiger partial charge >= 0.3 is 12.0 Å². The molecular formula is C10H14N2O3S. The Morgan fingerprint density at radius 2 is 2.19 bits per heavy atom. The molecule has 5 nitrogen and oxygen atoms in total. The average molecular weight is 242 g/mol. The van der Waals surface area contributed by atoms with Crippen molar-refractivity contribution < 1.29 is 14.7 Å². The van der Waals surface area contributed by atoms with Crippen LogP contribution < -0.4 is 10.6 Å². The van der Waals surface area contributed by atoms with Crippen molar-refractivity contribution in [1.82, 2.24) is 10.6 Å². The maximum Gasteiger partial charge on any atom is 0.315 e. The van der Waals surface area contributed by atoms with Gasteiger partial charge in [0.15, 0.2) is 0 Å². The predicted octanol–water partition coefficient (Wildman–Crippen LogP) is 0.263. The zero-order valence-corrected chi connectivity index (χ0v) is 9.50. The number of fused-ring (bicyclic) bond motifs is 1.